The molecular weight excluding hydrogens is 316 g/mol. The van der Waals surface area contributed by atoms with Gasteiger partial charge in [-0.3, -0.25) is 0 Å². The number of para-hydroxylation sites is 2. The summed E-state index contributed by atoms with van der Waals surface area (Å²) in [6.07, 6.45) is 4.97. The molecule has 0 saturated carbocycles. The van der Waals surface area contributed by atoms with E-state index in [1.165, 1.54) is 0 Å². The molecule has 0 spiro atoms. The summed E-state index contributed by atoms with van der Waals surface area (Å²) in [5.41, 5.74) is 2.16. The number of aromatic nitrogens is 2. The molecule has 136 valence electrons. The number of nitrogens with zero attached hydrogens (tertiary/aromatic N) is 3. The van der Waals surface area contributed by atoms with Gasteiger partial charge in [0.15, 0.2) is 0 Å². The number of amides is 2. The Morgan fingerprint density at radius 1 is 1.40 bits per heavy atom. The zero-order valence-electron chi connectivity index (χ0n) is 15.0. The monoisotopic (exact) mass is 344 g/mol. The Labute approximate surface area is 149 Å². The molecule has 0 bridgehead atoms. The van der Waals surface area contributed by atoms with Crippen molar-refractivity contribution in [2.24, 2.45) is 5.92 Å². The van der Waals surface area contributed by atoms with Gasteiger partial charge in [0.2, 0.25) is 0 Å². The summed E-state index contributed by atoms with van der Waals surface area (Å²) in [6, 6.07) is 8.17. The second-order valence-electron chi connectivity index (χ2n) is 6.63. The van der Waals surface area contributed by atoms with E-state index < -0.39 is 0 Å². The fourth-order valence-electron chi connectivity index (χ4n) is 3.42. The van der Waals surface area contributed by atoms with Crippen LogP contribution in [0.25, 0.3) is 11.0 Å². The highest BCUT2D eigenvalue weighted by Crippen LogP contribution is 2.17. The van der Waals surface area contributed by atoms with E-state index in [9.17, 15) is 4.79 Å². The second-order valence-corrected chi connectivity index (χ2v) is 6.63. The first-order chi connectivity index (χ1) is 12.3. The fraction of sp³-hybridized carbons (Fsp3) is 0.579. The van der Waals surface area contributed by atoms with Crippen molar-refractivity contribution in [2.75, 3.05) is 32.8 Å². The van der Waals surface area contributed by atoms with Crippen LogP contribution in [-0.2, 0) is 11.3 Å². The molecule has 1 aromatic heterocycles. The Hall–Kier alpha value is -2.08. The van der Waals surface area contributed by atoms with Crippen molar-refractivity contribution in [2.45, 2.75) is 32.7 Å². The zero-order chi connectivity index (χ0) is 17.5. The van der Waals surface area contributed by atoms with Gasteiger partial charge in [0.1, 0.15) is 0 Å². The number of rotatable bonds is 7. The van der Waals surface area contributed by atoms with Crippen molar-refractivity contribution in [1.82, 2.24) is 19.8 Å². The molecule has 1 aromatic carbocycles. The van der Waals surface area contributed by atoms with Crippen LogP contribution in [0.3, 0.4) is 0 Å². The Morgan fingerprint density at radius 3 is 3.16 bits per heavy atom. The molecule has 2 heterocycles. The molecule has 0 radical (unpaired) electrons. The third kappa shape index (κ3) is 4.72. The lowest BCUT2D eigenvalue weighted by Crippen LogP contribution is -2.46. The molecule has 6 heteroatoms. The molecule has 2 amide bonds. The highest BCUT2D eigenvalue weighted by Gasteiger charge is 2.23. The Bertz CT molecular complexity index is 685. The van der Waals surface area contributed by atoms with Crippen molar-refractivity contribution in [3.8, 4) is 0 Å². The predicted octanol–water partition coefficient (Wildman–Crippen LogP) is 2.88. The van der Waals surface area contributed by atoms with Gasteiger partial charge in [0, 0.05) is 38.7 Å². The maximum atomic E-state index is 12.3. The van der Waals surface area contributed by atoms with Crippen LogP contribution in [0.5, 0.6) is 0 Å². The summed E-state index contributed by atoms with van der Waals surface area (Å²) < 4.78 is 7.65. The summed E-state index contributed by atoms with van der Waals surface area (Å²) in [7, 11) is 0. The molecule has 1 unspecified atom stereocenters. The molecular formula is C19H28N4O2. The van der Waals surface area contributed by atoms with Gasteiger partial charge in [-0.2, -0.15) is 0 Å². The summed E-state index contributed by atoms with van der Waals surface area (Å²) >= 11 is 0. The Balaban J connectivity index is 1.40. The first-order valence-corrected chi connectivity index (χ1v) is 9.28. The lowest BCUT2D eigenvalue weighted by atomic mass is 9.99. The third-order valence-corrected chi connectivity index (χ3v) is 4.74. The molecule has 2 aromatic rings. The number of imidazole rings is 1. The lowest BCUT2D eigenvalue weighted by molar-refractivity contribution is 0.0756. The smallest absolute Gasteiger partial charge is 0.317 e. The molecule has 1 N–H and O–H groups in total. The predicted molar refractivity (Wildman–Crippen MR) is 98.5 cm³/mol. The number of carbonyl (C=O) groups is 1. The van der Waals surface area contributed by atoms with Crippen LogP contribution < -0.4 is 5.32 Å². The number of carbonyl (C=O) groups excluding carboxylic acids is 1. The first kappa shape index (κ1) is 17.7. The fourth-order valence-corrected chi connectivity index (χ4v) is 3.42. The maximum Gasteiger partial charge on any atom is 0.317 e. The minimum Gasteiger partial charge on any atom is -0.381 e. The van der Waals surface area contributed by atoms with E-state index in [1.807, 2.05) is 36.4 Å². The first-order valence-electron chi connectivity index (χ1n) is 9.28. The Morgan fingerprint density at radius 2 is 2.28 bits per heavy atom. The standard InChI is InChI=1S/C19H28N4O2/c1-2-25-14-16-7-5-11-22(13-16)19(24)20-10-6-12-23-15-21-17-8-3-4-9-18(17)23/h3-4,8-9,15-16H,2,5-7,10-14H2,1H3,(H,20,24). The number of aryl methyl sites for hydroxylation is 1. The summed E-state index contributed by atoms with van der Waals surface area (Å²) in [6.45, 7) is 6.70. The quantitative estimate of drug-likeness (QED) is 0.786. The number of hydrogen-bond acceptors (Lipinski definition) is 3. The van der Waals surface area contributed by atoms with Crippen LogP contribution in [-0.4, -0.2) is 53.3 Å². The third-order valence-electron chi connectivity index (χ3n) is 4.74. The molecule has 1 atom stereocenters. The van der Waals surface area contributed by atoms with Crippen molar-refractivity contribution in [3.63, 3.8) is 0 Å². The molecule has 1 fully saturated rings. The molecule has 1 saturated heterocycles. The van der Waals surface area contributed by atoms with Crippen molar-refractivity contribution in [1.29, 1.82) is 0 Å². The van der Waals surface area contributed by atoms with E-state index in [-0.39, 0.29) is 6.03 Å². The number of fused-ring (bicyclic) bond motifs is 1. The van der Waals surface area contributed by atoms with E-state index in [4.69, 9.17) is 4.74 Å². The molecule has 1 aliphatic rings. The topological polar surface area (TPSA) is 59.4 Å². The number of likely N-dealkylation sites (tertiary alicyclic amines) is 1. The largest absolute Gasteiger partial charge is 0.381 e. The van der Waals surface area contributed by atoms with Crippen molar-refractivity contribution in [3.05, 3.63) is 30.6 Å². The van der Waals surface area contributed by atoms with Gasteiger partial charge in [-0.15, -0.1) is 0 Å². The van der Waals surface area contributed by atoms with Gasteiger partial charge in [0.25, 0.3) is 0 Å². The van der Waals surface area contributed by atoms with Crippen LogP contribution in [0.4, 0.5) is 4.79 Å². The SMILES string of the molecule is CCOCC1CCCN(C(=O)NCCCn2cnc3ccccc32)C1. The van der Waals surface area contributed by atoms with E-state index in [0.717, 1.165) is 63.1 Å². The van der Waals surface area contributed by atoms with Crippen LogP contribution in [0.1, 0.15) is 26.2 Å². The van der Waals surface area contributed by atoms with Gasteiger partial charge in [0.05, 0.1) is 24.0 Å². The molecule has 3 rings (SSSR count). The van der Waals surface area contributed by atoms with E-state index in [2.05, 4.69) is 20.9 Å². The number of urea groups is 1. The highest BCUT2D eigenvalue weighted by atomic mass is 16.5. The van der Waals surface area contributed by atoms with Crippen molar-refractivity contribution < 1.29 is 9.53 Å². The van der Waals surface area contributed by atoms with Gasteiger partial charge in [-0.05, 0) is 38.3 Å². The molecule has 25 heavy (non-hydrogen) atoms. The van der Waals surface area contributed by atoms with Gasteiger partial charge in [-0.25, -0.2) is 9.78 Å². The Kier molecular flexibility index (Phi) is 6.28. The van der Waals surface area contributed by atoms with Crippen LogP contribution in [0, 0.1) is 5.92 Å². The van der Waals surface area contributed by atoms with Crippen LogP contribution in [0.15, 0.2) is 30.6 Å². The number of piperidine rings is 1. The van der Waals surface area contributed by atoms with Crippen LogP contribution in [0.2, 0.25) is 0 Å². The van der Waals surface area contributed by atoms with E-state index in [1.54, 1.807) is 0 Å². The van der Waals surface area contributed by atoms with Gasteiger partial charge < -0.3 is 19.5 Å². The average Bonchev–Trinajstić information content (AvgIpc) is 3.07. The summed E-state index contributed by atoms with van der Waals surface area (Å²) in [4.78, 5) is 18.7. The normalized spacial score (nSPS) is 17.8. The zero-order valence-corrected chi connectivity index (χ0v) is 15.0. The highest BCUT2D eigenvalue weighted by molar-refractivity contribution is 5.75. The molecule has 1 aliphatic heterocycles. The molecule has 6 nitrogen and oxygen atoms in total. The van der Waals surface area contributed by atoms with Gasteiger partial charge in [-0.1, -0.05) is 12.1 Å². The maximum absolute atomic E-state index is 12.3. The average molecular weight is 344 g/mol. The molecule has 0 aliphatic carbocycles. The number of hydrogen-bond donors (Lipinski definition) is 1. The van der Waals surface area contributed by atoms with Crippen molar-refractivity contribution >= 4 is 17.1 Å². The number of nitrogens with one attached hydrogen (secondary N) is 1. The second kappa shape index (κ2) is 8.85. The minimum atomic E-state index is 0.0525. The van der Waals surface area contributed by atoms with E-state index >= 15 is 0 Å². The van der Waals surface area contributed by atoms with E-state index in [0.29, 0.717) is 12.5 Å². The number of benzene rings is 1. The summed E-state index contributed by atoms with van der Waals surface area (Å²) in [5, 5.41) is 3.05. The van der Waals surface area contributed by atoms with Crippen LogP contribution >= 0.6 is 0 Å². The summed E-state index contributed by atoms with van der Waals surface area (Å²) in [5.74, 6) is 0.469. The van der Waals surface area contributed by atoms with Gasteiger partial charge >= 0.3 is 6.03 Å². The lowest BCUT2D eigenvalue weighted by Gasteiger charge is -2.32. The minimum absolute atomic E-state index is 0.0525. The number of ether oxygens (including phenoxy) is 1.